The van der Waals surface area contributed by atoms with Gasteiger partial charge in [-0.15, -0.1) is 0 Å². The number of benzene rings is 1. The predicted octanol–water partition coefficient (Wildman–Crippen LogP) is 6.51. The summed E-state index contributed by atoms with van der Waals surface area (Å²) in [7, 11) is 0. The van der Waals surface area contributed by atoms with E-state index in [2.05, 4.69) is 13.8 Å². The lowest BCUT2D eigenvalue weighted by atomic mass is 9.81. The van der Waals surface area contributed by atoms with E-state index in [4.69, 9.17) is 4.74 Å². The second kappa shape index (κ2) is 14.2. The number of nitro groups is 1. The summed E-state index contributed by atoms with van der Waals surface area (Å²) in [4.78, 5) is 23.2. The summed E-state index contributed by atoms with van der Waals surface area (Å²) in [5, 5.41) is 11.3. The van der Waals surface area contributed by atoms with Crippen LogP contribution in [0.1, 0.15) is 85.1 Å². The fourth-order valence-corrected chi connectivity index (χ4v) is 3.23. The first-order chi connectivity index (χ1) is 12.9. The van der Waals surface area contributed by atoms with Crippen LogP contribution >= 0.6 is 0 Å². The average Bonchev–Trinajstić information content (AvgIpc) is 2.68. The SMILES string of the molecule is CC.CCCCCC(CC(C)C(C)c1ccccc1[N+](=O)[O-])C(=O)OCC. The van der Waals surface area contributed by atoms with E-state index >= 15 is 0 Å². The van der Waals surface area contributed by atoms with Crippen molar-refractivity contribution in [3.63, 3.8) is 0 Å². The molecule has 0 heterocycles. The van der Waals surface area contributed by atoms with E-state index < -0.39 is 0 Å². The van der Waals surface area contributed by atoms with Gasteiger partial charge in [-0.25, -0.2) is 0 Å². The minimum absolute atomic E-state index is 0.00435. The smallest absolute Gasteiger partial charge is 0.308 e. The van der Waals surface area contributed by atoms with Gasteiger partial charge in [-0.1, -0.05) is 72.1 Å². The summed E-state index contributed by atoms with van der Waals surface area (Å²) >= 11 is 0. The Labute approximate surface area is 164 Å². The molecule has 0 saturated heterocycles. The van der Waals surface area contributed by atoms with Crippen LogP contribution in [0.15, 0.2) is 24.3 Å². The first kappa shape index (κ1) is 25.1. The van der Waals surface area contributed by atoms with E-state index in [0.717, 1.165) is 31.2 Å². The molecule has 0 aliphatic carbocycles. The molecule has 0 amide bonds. The monoisotopic (exact) mass is 379 g/mol. The van der Waals surface area contributed by atoms with E-state index in [1.807, 2.05) is 39.8 Å². The van der Waals surface area contributed by atoms with Gasteiger partial charge in [0.25, 0.3) is 5.69 Å². The van der Waals surface area contributed by atoms with E-state index in [-0.39, 0.29) is 34.3 Å². The Morgan fingerprint density at radius 2 is 1.78 bits per heavy atom. The van der Waals surface area contributed by atoms with Crippen molar-refractivity contribution in [1.29, 1.82) is 0 Å². The van der Waals surface area contributed by atoms with E-state index in [0.29, 0.717) is 13.0 Å². The molecule has 0 radical (unpaired) electrons. The van der Waals surface area contributed by atoms with Gasteiger partial charge in [-0.2, -0.15) is 0 Å². The first-order valence-electron chi connectivity index (χ1n) is 10.3. The second-order valence-corrected chi connectivity index (χ2v) is 6.76. The summed E-state index contributed by atoms with van der Waals surface area (Å²) in [5.74, 6) is -0.117. The van der Waals surface area contributed by atoms with Crippen LogP contribution in [0.3, 0.4) is 0 Å². The summed E-state index contributed by atoms with van der Waals surface area (Å²) in [5.41, 5.74) is 0.886. The highest BCUT2D eigenvalue weighted by Crippen LogP contribution is 2.35. The molecule has 0 aliphatic heterocycles. The van der Waals surface area contributed by atoms with Gasteiger partial charge in [-0.05, 0) is 31.6 Å². The highest BCUT2D eigenvalue weighted by atomic mass is 16.6. The van der Waals surface area contributed by atoms with Crippen LogP contribution in [0.2, 0.25) is 0 Å². The molecule has 0 bridgehead atoms. The molecular weight excluding hydrogens is 342 g/mol. The summed E-state index contributed by atoms with van der Waals surface area (Å²) < 4.78 is 5.24. The molecule has 5 nitrogen and oxygen atoms in total. The molecule has 1 aromatic rings. The Morgan fingerprint density at radius 1 is 1.15 bits per heavy atom. The maximum absolute atomic E-state index is 12.3. The molecule has 3 unspecified atom stereocenters. The molecule has 0 N–H and O–H groups in total. The van der Waals surface area contributed by atoms with Crippen molar-refractivity contribution < 1.29 is 14.5 Å². The molecule has 0 aliphatic rings. The maximum Gasteiger partial charge on any atom is 0.308 e. The highest BCUT2D eigenvalue weighted by molar-refractivity contribution is 5.72. The maximum atomic E-state index is 12.3. The zero-order chi connectivity index (χ0) is 20.8. The Kier molecular flexibility index (Phi) is 13.2. The van der Waals surface area contributed by atoms with Crippen molar-refractivity contribution in [2.45, 2.75) is 79.6 Å². The zero-order valence-corrected chi connectivity index (χ0v) is 17.9. The standard InChI is InChI=1S/C20H31NO4.C2H6/c1-5-7-8-11-17(20(22)25-6-2)14-15(3)16(4)18-12-9-10-13-19(18)21(23)24;1-2/h9-10,12-13,15-17H,5-8,11,14H2,1-4H3;1-2H3. The zero-order valence-electron chi connectivity index (χ0n) is 17.9. The number of esters is 1. The van der Waals surface area contributed by atoms with Gasteiger partial charge in [0.1, 0.15) is 0 Å². The number of hydrogen-bond donors (Lipinski definition) is 0. The molecule has 1 aromatic carbocycles. The molecule has 27 heavy (non-hydrogen) atoms. The largest absolute Gasteiger partial charge is 0.466 e. The number of para-hydroxylation sites is 1. The number of hydrogen-bond acceptors (Lipinski definition) is 4. The van der Waals surface area contributed by atoms with Gasteiger partial charge in [0.05, 0.1) is 17.4 Å². The molecule has 0 aromatic heterocycles. The highest BCUT2D eigenvalue weighted by Gasteiger charge is 2.28. The average molecular weight is 380 g/mol. The lowest BCUT2D eigenvalue weighted by Crippen LogP contribution is -2.22. The van der Waals surface area contributed by atoms with Gasteiger partial charge in [-0.3, -0.25) is 14.9 Å². The second-order valence-electron chi connectivity index (χ2n) is 6.76. The first-order valence-corrected chi connectivity index (χ1v) is 10.3. The Balaban J connectivity index is 0.00000326. The summed E-state index contributed by atoms with van der Waals surface area (Å²) in [6, 6.07) is 6.87. The topological polar surface area (TPSA) is 69.4 Å². The molecule has 0 saturated carbocycles. The van der Waals surface area contributed by atoms with Crippen LogP contribution in [0.25, 0.3) is 0 Å². The third-order valence-corrected chi connectivity index (χ3v) is 4.91. The molecule has 1 rings (SSSR count). The van der Waals surface area contributed by atoms with E-state index in [9.17, 15) is 14.9 Å². The molecule has 0 fully saturated rings. The molecule has 5 heteroatoms. The van der Waals surface area contributed by atoms with Gasteiger partial charge in [0.15, 0.2) is 0 Å². The fraction of sp³-hybridized carbons (Fsp3) is 0.682. The number of carbonyl (C=O) groups excluding carboxylic acids is 1. The third-order valence-electron chi connectivity index (χ3n) is 4.91. The number of ether oxygens (including phenoxy) is 1. The Morgan fingerprint density at radius 3 is 2.33 bits per heavy atom. The minimum atomic E-state index is -0.331. The quantitative estimate of drug-likeness (QED) is 0.190. The molecular formula is C22H37NO4. The van der Waals surface area contributed by atoms with Crippen molar-refractivity contribution in [3.8, 4) is 0 Å². The number of nitrogens with zero attached hydrogens (tertiary/aromatic N) is 1. The van der Waals surface area contributed by atoms with E-state index in [1.165, 1.54) is 0 Å². The number of nitro benzene ring substituents is 1. The normalized spacial score (nSPS) is 13.7. The lowest BCUT2D eigenvalue weighted by molar-refractivity contribution is -0.385. The van der Waals surface area contributed by atoms with Crippen LogP contribution in [-0.4, -0.2) is 17.5 Å². The van der Waals surface area contributed by atoms with Gasteiger partial charge in [0.2, 0.25) is 0 Å². The van der Waals surface area contributed by atoms with Crippen molar-refractivity contribution in [3.05, 3.63) is 39.9 Å². The van der Waals surface area contributed by atoms with Crippen LogP contribution < -0.4 is 0 Å². The van der Waals surface area contributed by atoms with E-state index in [1.54, 1.807) is 12.1 Å². The fourth-order valence-electron chi connectivity index (χ4n) is 3.23. The molecule has 0 spiro atoms. The van der Waals surface area contributed by atoms with Crippen molar-refractivity contribution in [1.82, 2.24) is 0 Å². The number of carbonyl (C=O) groups is 1. The van der Waals surface area contributed by atoms with Gasteiger partial charge in [0, 0.05) is 11.6 Å². The van der Waals surface area contributed by atoms with Crippen LogP contribution in [-0.2, 0) is 9.53 Å². The van der Waals surface area contributed by atoms with Crippen molar-refractivity contribution >= 4 is 11.7 Å². The summed E-state index contributed by atoms with van der Waals surface area (Å²) in [6.45, 7) is 12.4. The summed E-state index contributed by atoms with van der Waals surface area (Å²) in [6.07, 6.45) is 4.73. The Bertz CT molecular complexity index is 559. The third kappa shape index (κ3) is 8.55. The molecule has 3 atom stereocenters. The van der Waals surface area contributed by atoms with Crippen molar-refractivity contribution in [2.75, 3.05) is 6.61 Å². The Hall–Kier alpha value is -1.91. The number of unbranched alkanes of at least 4 members (excludes halogenated alkanes) is 2. The lowest BCUT2D eigenvalue weighted by Gasteiger charge is -2.24. The van der Waals surface area contributed by atoms with Crippen LogP contribution in [0.4, 0.5) is 5.69 Å². The van der Waals surface area contributed by atoms with Crippen LogP contribution in [0, 0.1) is 22.0 Å². The van der Waals surface area contributed by atoms with Crippen molar-refractivity contribution in [2.24, 2.45) is 11.8 Å². The predicted molar refractivity (Wildman–Crippen MR) is 111 cm³/mol. The van der Waals surface area contributed by atoms with Gasteiger partial charge >= 0.3 is 5.97 Å². The van der Waals surface area contributed by atoms with Crippen LogP contribution in [0.5, 0.6) is 0 Å². The molecule has 154 valence electrons. The number of rotatable bonds is 11. The minimum Gasteiger partial charge on any atom is -0.466 e. The van der Waals surface area contributed by atoms with Gasteiger partial charge < -0.3 is 4.74 Å².